The van der Waals surface area contributed by atoms with E-state index in [0.717, 1.165) is 11.3 Å². The topological polar surface area (TPSA) is 56.0 Å². The molecule has 2 aromatic rings. The Morgan fingerprint density at radius 1 is 1.05 bits per heavy atom. The van der Waals surface area contributed by atoms with E-state index < -0.39 is 5.91 Å². The predicted octanol–water partition coefficient (Wildman–Crippen LogP) is 3.15. The Bertz CT molecular complexity index is 595. The Labute approximate surface area is 113 Å². The first-order valence-electron chi connectivity index (χ1n) is 6.26. The molecule has 1 aromatic carbocycles. The third-order valence-corrected chi connectivity index (χ3v) is 3.05. The number of aromatic nitrogens is 1. The zero-order valence-corrected chi connectivity index (χ0v) is 11.5. The zero-order valence-electron chi connectivity index (χ0n) is 11.5. The fraction of sp³-hybridized carbons (Fsp3) is 0.250. The van der Waals surface area contributed by atoms with Gasteiger partial charge in [-0.25, -0.2) is 4.98 Å². The van der Waals surface area contributed by atoms with Gasteiger partial charge in [0.1, 0.15) is 5.69 Å². The van der Waals surface area contributed by atoms with Crippen molar-refractivity contribution in [3.8, 4) is 11.3 Å². The molecule has 0 aliphatic rings. The number of rotatable bonds is 2. The number of nitrogens with zero attached hydrogens (tertiary/aromatic N) is 1. The number of nitrogens with two attached hydrogens (primary N) is 1. The van der Waals surface area contributed by atoms with Crippen LogP contribution in [0.15, 0.2) is 42.5 Å². The van der Waals surface area contributed by atoms with Crippen LogP contribution in [0.25, 0.3) is 11.3 Å². The van der Waals surface area contributed by atoms with Crippen molar-refractivity contribution in [1.82, 2.24) is 4.98 Å². The average Bonchev–Trinajstić information content (AvgIpc) is 2.38. The quantitative estimate of drug-likeness (QED) is 0.895. The molecule has 2 N–H and O–H groups in total. The summed E-state index contributed by atoms with van der Waals surface area (Å²) >= 11 is 0. The van der Waals surface area contributed by atoms with Crippen molar-refractivity contribution in [2.75, 3.05) is 0 Å². The van der Waals surface area contributed by atoms with Crippen LogP contribution in [0.5, 0.6) is 0 Å². The second-order valence-electron chi connectivity index (χ2n) is 5.60. The zero-order chi connectivity index (χ0) is 14.0. The summed E-state index contributed by atoms with van der Waals surface area (Å²) < 4.78 is 0. The van der Waals surface area contributed by atoms with E-state index in [2.05, 4.69) is 37.9 Å². The fourth-order valence-corrected chi connectivity index (χ4v) is 1.87. The van der Waals surface area contributed by atoms with Crippen molar-refractivity contribution in [3.05, 3.63) is 53.7 Å². The van der Waals surface area contributed by atoms with E-state index in [4.69, 9.17) is 5.73 Å². The summed E-state index contributed by atoms with van der Waals surface area (Å²) in [4.78, 5) is 15.4. The van der Waals surface area contributed by atoms with Crippen LogP contribution in [0.4, 0.5) is 0 Å². The molecule has 0 radical (unpaired) electrons. The maximum Gasteiger partial charge on any atom is 0.267 e. The van der Waals surface area contributed by atoms with E-state index in [1.54, 1.807) is 12.1 Å². The van der Waals surface area contributed by atoms with Gasteiger partial charge in [0.25, 0.3) is 5.91 Å². The Kier molecular flexibility index (Phi) is 3.38. The predicted molar refractivity (Wildman–Crippen MR) is 76.9 cm³/mol. The number of hydrogen-bond donors (Lipinski definition) is 1. The maximum absolute atomic E-state index is 11.1. The lowest BCUT2D eigenvalue weighted by molar-refractivity contribution is 0.0995. The van der Waals surface area contributed by atoms with Gasteiger partial charge in [0.15, 0.2) is 0 Å². The summed E-state index contributed by atoms with van der Waals surface area (Å²) in [5.74, 6) is -0.506. The van der Waals surface area contributed by atoms with Crippen molar-refractivity contribution < 1.29 is 4.79 Å². The smallest absolute Gasteiger partial charge is 0.267 e. The second kappa shape index (κ2) is 4.84. The van der Waals surface area contributed by atoms with Crippen molar-refractivity contribution in [2.45, 2.75) is 26.2 Å². The highest BCUT2D eigenvalue weighted by atomic mass is 16.1. The first-order chi connectivity index (χ1) is 8.88. The molecule has 0 spiro atoms. The molecule has 0 aliphatic heterocycles. The molecule has 0 bridgehead atoms. The minimum atomic E-state index is -0.506. The van der Waals surface area contributed by atoms with E-state index in [1.165, 1.54) is 5.56 Å². The molecular formula is C16H18N2O. The van der Waals surface area contributed by atoms with Gasteiger partial charge in [0.05, 0.1) is 5.69 Å². The van der Waals surface area contributed by atoms with Gasteiger partial charge in [-0.1, -0.05) is 51.1 Å². The number of pyridine rings is 1. The maximum atomic E-state index is 11.1. The molecule has 1 heterocycles. The lowest BCUT2D eigenvalue weighted by Crippen LogP contribution is -2.13. The van der Waals surface area contributed by atoms with Gasteiger partial charge in [-0.3, -0.25) is 4.79 Å². The summed E-state index contributed by atoms with van der Waals surface area (Å²) in [6, 6.07) is 13.5. The van der Waals surface area contributed by atoms with E-state index in [9.17, 15) is 4.79 Å². The molecular weight excluding hydrogens is 236 g/mol. The van der Waals surface area contributed by atoms with E-state index in [1.807, 2.05) is 18.2 Å². The van der Waals surface area contributed by atoms with Crippen LogP contribution in [0, 0.1) is 0 Å². The molecule has 0 fully saturated rings. The third-order valence-electron chi connectivity index (χ3n) is 3.05. The second-order valence-corrected chi connectivity index (χ2v) is 5.60. The highest BCUT2D eigenvalue weighted by Gasteiger charge is 2.13. The number of amides is 1. The van der Waals surface area contributed by atoms with Crippen LogP contribution >= 0.6 is 0 Å². The van der Waals surface area contributed by atoms with Crippen molar-refractivity contribution in [3.63, 3.8) is 0 Å². The summed E-state index contributed by atoms with van der Waals surface area (Å²) in [5, 5.41) is 0. The summed E-state index contributed by atoms with van der Waals surface area (Å²) in [6.07, 6.45) is 0. The number of carbonyl (C=O) groups is 1. The van der Waals surface area contributed by atoms with Gasteiger partial charge in [0, 0.05) is 5.56 Å². The largest absolute Gasteiger partial charge is 0.364 e. The van der Waals surface area contributed by atoms with Crippen molar-refractivity contribution >= 4 is 5.91 Å². The molecule has 0 saturated carbocycles. The minimum absolute atomic E-state index is 0.126. The molecule has 98 valence electrons. The van der Waals surface area contributed by atoms with Gasteiger partial charge in [-0.15, -0.1) is 0 Å². The highest BCUT2D eigenvalue weighted by Crippen LogP contribution is 2.25. The molecule has 0 atom stereocenters. The summed E-state index contributed by atoms with van der Waals surface area (Å²) in [7, 11) is 0. The molecule has 1 aromatic heterocycles. The van der Waals surface area contributed by atoms with Crippen LogP contribution in [0.2, 0.25) is 0 Å². The lowest BCUT2D eigenvalue weighted by Gasteiger charge is -2.19. The van der Waals surface area contributed by atoms with Gasteiger partial charge >= 0.3 is 0 Å². The molecule has 0 aliphatic carbocycles. The lowest BCUT2D eigenvalue weighted by atomic mass is 9.86. The highest BCUT2D eigenvalue weighted by molar-refractivity contribution is 5.91. The number of benzene rings is 1. The van der Waals surface area contributed by atoms with E-state index in [0.29, 0.717) is 0 Å². The monoisotopic (exact) mass is 254 g/mol. The molecule has 3 nitrogen and oxygen atoms in total. The SMILES string of the molecule is CC(C)(C)c1ccc(-c2cccc(C(N)=O)n2)cc1. The van der Waals surface area contributed by atoms with Crippen LogP contribution in [0.1, 0.15) is 36.8 Å². The fourth-order valence-electron chi connectivity index (χ4n) is 1.87. The number of primary amides is 1. The van der Waals surface area contributed by atoms with Crippen LogP contribution in [-0.4, -0.2) is 10.9 Å². The first-order valence-corrected chi connectivity index (χ1v) is 6.26. The Hall–Kier alpha value is -2.16. The van der Waals surface area contributed by atoms with Crippen molar-refractivity contribution in [1.29, 1.82) is 0 Å². The molecule has 0 unspecified atom stereocenters. The van der Waals surface area contributed by atoms with Gasteiger partial charge in [-0.2, -0.15) is 0 Å². The molecule has 19 heavy (non-hydrogen) atoms. The third kappa shape index (κ3) is 2.99. The normalized spacial score (nSPS) is 11.3. The number of hydrogen-bond acceptors (Lipinski definition) is 2. The Morgan fingerprint density at radius 2 is 1.68 bits per heavy atom. The first kappa shape index (κ1) is 13.3. The summed E-state index contributed by atoms with van der Waals surface area (Å²) in [5.41, 5.74) is 8.67. The van der Waals surface area contributed by atoms with Crippen LogP contribution < -0.4 is 5.73 Å². The Morgan fingerprint density at radius 3 is 2.21 bits per heavy atom. The minimum Gasteiger partial charge on any atom is -0.364 e. The van der Waals surface area contributed by atoms with Crippen LogP contribution in [0.3, 0.4) is 0 Å². The van der Waals surface area contributed by atoms with Gasteiger partial charge in [0.2, 0.25) is 0 Å². The summed E-state index contributed by atoms with van der Waals surface area (Å²) in [6.45, 7) is 6.52. The van der Waals surface area contributed by atoms with E-state index >= 15 is 0 Å². The number of carbonyl (C=O) groups excluding carboxylic acids is 1. The van der Waals surface area contributed by atoms with Gasteiger partial charge in [-0.05, 0) is 23.1 Å². The Balaban J connectivity index is 2.37. The van der Waals surface area contributed by atoms with Crippen LogP contribution in [-0.2, 0) is 5.41 Å². The molecule has 0 saturated heterocycles. The molecule has 1 amide bonds. The average molecular weight is 254 g/mol. The molecule has 2 rings (SSSR count). The molecule has 3 heteroatoms. The standard InChI is InChI=1S/C16H18N2O/c1-16(2,3)12-9-7-11(8-10-12)13-5-4-6-14(18-13)15(17)19/h4-10H,1-3H3,(H2,17,19). The van der Waals surface area contributed by atoms with Crippen molar-refractivity contribution in [2.24, 2.45) is 5.73 Å². The van der Waals surface area contributed by atoms with E-state index in [-0.39, 0.29) is 11.1 Å². The van der Waals surface area contributed by atoms with Gasteiger partial charge < -0.3 is 5.73 Å².